The molecule has 0 bridgehead atoms. The molecule has 96 valence electrons. The predicted octanol–water partition coefficient (Wildman–Crippen LogP) is 4.44. The van der Waals surface area contributed by atoms with Gasteiger partial charge in [0.15, 0.2) is 0 Å². The van der Waals surface area contributed by atoms with E-state index < -0.39 is 17.7 Å². The number of rotatable bonds is 5. The number of halogens is 3. The van der Waals surface area contributed by atoms with Crippen molar-refractivity contribution in [2.75, 3.05) is 0 Å². The van der Waals surface area contributed by atoms with Gasteiger partial charge in [-0.2, -0.15) is 0 Å². The summed E-state index contributed by atoms with van der Waals surface area (Å²) >= 11 is 5.50. The first-order valence-electron chi connectivity index (χ1n) is 5.89. The van der Waals surface area contributed by atoms with E-state index in [2.05, 4.69) is 13.8 Å². The molecule has 0 saturated heterocycles. The number of nitrogens with two attached hydrogens (primary N) is 1. The van der Waals surface area contributed by atoms with Crippen LogP contribution in [0.25, 0.3) is 0 Å². The van der Waals surface area contributed by atoms with Crippen LogP contribution in [-0.4, -0.2) is 0 Å². The maximum Gasteiger partial charge on any atom is 0.142 e. The predicted molar refractivity (Wildman–Crippen MR) is 67.0 cm³/mol. The average Bonchev–Trinajstić information content (AvgIpc) is 2.30. The van der Waals surface area contributed by atoms with Crippen molar-refractivity contribution in [1.29, 1.82) is 0 Å². The number of hydrogen-bond donors (Lipinski definition) is 1. The molecule has 17 heavy (non-hydrogen) atoms. The van der Waals surface area contributed by atoms with Crippen LogP contribution >= 0.6 is 11.6 Å². The molecule has 1 aromatic carbocycles. The first-order chi connectivity index (χ1) is 7.99. The van der Waals surface area contributed by atoms with Crippen molar-refractivity contribution in [1.82, 2.24) is 0 Å². The molecular weight excluding hydrogens is 244 g/mol. The van der Waals surface area contributed by atoms with Crippen molar-refractivity contribution in [3.8, 4) is 0 Å². The fourth-order valence-corrected chi connectivity index (χ4v) is 2.08. The Morgan fingerprint density at radius 1 is 1.18 bits per heavy atom. The molecule has 0 amide bonds. The largest absolute Gasteiger partial charge is 0.324 e. The van der Waals surface area contributed by atoms with Crippen molar-refractivity contribution in [3.63, 3.8) is 0 Å². The maximum absolute atomic E-state index is 13.6. The molecule has 1 unspecified atom stereocenters. The highest BCUT2D eigenvalue weighted by atomic mass is 35.5. The molecule has 0 aliphatic heterocycles. The lowest BCUT2D eigenvalue weighted by atomic mass is 9.91. The van der Waals surface area contributed by atoms with Crippen LogP contribution in [-0.2, 0) is 0 Å². The maximum atomic E-state index is 13.6. The molecule has 1 atom stereocenters. The first-order valence-corrected chi connectivity index (χ1v) is 6.27. The van der Waals surface area contributed by atoms with Crippen LogP contribution in [0.5, 0.6) is 0 Å². The first kappa shape index (κ1) is 14.4. The Morgan fingerprint density at radius 2 is 1.76 bits per heavy atom. The van der Waals surface area contributed by atoms with Gasteiger partial charge >= 0.3 is 0 Å². The highest BCUT2D eigenvalue weighted by Gasteiger charge is 2.17. The Kier molecular flexibility index (Phi) is 5.34. The minimum atomic E-state index is -0.622. The second-order valence-electron chi connectivity index (χ2n) is 4.31. The molecule has 0 aromatic heterocycles. The molecule has 4 heteroatoms. The third-order valence-corrected chi connectivity index (χ3v) is 3.47. The summed E-state index contributed by atoms with van der Waals surface area (Å²) in [7, 11) is 0. The molecule has 0 aliphatic rings. The second kappa shape index (κ2) is 6.31. The van der Waals surface area contributed by atoms with E-state index in [0.717, 1.165) is 25.0 Å². The van der Waals surface area contributed by atoms with E-state index in [9.17, 15) is 8.78 Å². The molecule has 0 spiro atoms. The van der Waals surface area contributed by atoms with Gasteiger partial charge in [-0.3, -0.25) is 0 Å². The summed E-state index contributed by atoms with van der Waals surface area (Å²) < 4.78 is 26.9. The summed E-state index contributed by atoms with van der Waals surface area (Å²) in [6, 6.07) is 1.61. The van der Waals surface area contributed by atoms with E-state index in [1.54, 1.807) is 0 Å². The lowest BCUT2D eigenvalue weighted by Crippen LogP contribution is -2.16. The van der Waals surface area contributed by atoms with Gasteiger partial charge in [-0.25, -0.2) is 8.78 Å². The summed E-state index contributed by atoms with van der Waals surface area (Å²) in [4.78, 5) is 0. The van der Waals surface area contributed by atoms with Crippen molar-refractivity contribution >= 4 is 11.6 Å². The van der Waals surface area contributed by atoms with E-state index in [1.807, 2.05) is 0 Å². The van der Waals surface area contributed by atoms with Gasteiger partial charge in [0.25, 0.3) is 0 Å². The average molecular weight is 262 g/mol. The van der Waals surface area contributed by atoms with E-state index in [4.69, 9.17) is 17.3 Å². The molecule has 0 heterocycles. The smallest absolute Gasteiger partial charge is 0.142 e. The van der Waals surface area contributed by atoms with Crippen molar-refractivity contribution in [2.24, 2.45) is 11.7 Å². The van der Waals surface area contributed by atoms with E-state index in [0.29, 0.717) is 12.3 Å². The molecule has 1 rings (SSSR count). The second-order valence-corrected chi connectivity index (χ2v) is 4.72. The van der Waals surface area contributed by atoms with Gasteiger partial charge < -0.3 is 5.73 Å². The zero-order chi connectivity index (χ0) is 13.0. The molecule has 0 radical (unpaired) electrons. The Bertz CT molecular complexity index is 378. The zero-order valence-corrected chi connectivity index (χ0v) is 10.9. The summed E-state index contributed by atoms with van der Waals surface area (Å²) in [5, 5.41) is -0.207. The quantitative estimate of drug-likeness (QED) is 0.779. The summed E-state index contributed by atoms with van der Waals surface area (Å²) in [5.74, 6) is -0.721. The molecule has 1 aromatic rings. The van der Waals surface area contributed by atoms with Crippen molar-refractivity contribution in [3.05, 3.63) is 34.4 Å². The van der Waals surface area contributed by atoms with Gasteiger partial charge in [0.1, 0.15) is 11.6 Å². The van der Waals surface area contributed by atoms with E-state index in [-0.39, 0.29) is 10.6 Å². The van der Waals surface area contributed by atoms with Gasteiger partial charge in [-0.15, -0.1) is 0 Å². The monoisotopic (exact) mass is 261 g/mol. The van der Waals surface area contributed by atoms with Crippen LogP contribution in [0.15, 0.2) is 12.1 Å². The lowest BCUT2D eigenvalue weighted by molar-refractivity contribution is 0.406. The molecule has 0 saturated carbocycles. The third-order valence-electron chi connectivity index (χ3n) is 3.18. The fraction of sp³-hybridized carbons (Fsp3) is 0.538. The minimum Gasteiger partial charge on any atom is -0.324 e. The minimum absolute atomic E-state index is 0.207. The third kappa shape index (κ3) is 3.65. The number of benzene rings is 1. The van der Waals surface area contributed by atoms with Gasteiger partial charge in [0.05, 0.1) is 5.02 Å². The van der Waals surface area contributed by atoms with Crippen LogP contribution < -0.4 is 5.73 Å². The lowest BCUT2D eigenvalue weighted by Gasteiger charge is -2.19. The summed E-state index contributed by atoms with van der Waals surface area (Å²) in [6.45, 7) is 4.14. The summed E-state index contributed by atoms with van der Waals surface area (Å²) in [5.41, 5.74) is 6.12. The normalized spacial score (nSPS) is 13.1. The highest BCUT2D eigenvalue weighted by Crippen LogP contribution is 2.28. The van der Waals surface area contributed by atoms with Gasteiger partial charge in [0.2, 0.25) is 0 Å². The summed E-state index contributed by atoms with van der Waals surface area (Å²) in [6.07, 6.45) is 2.63. The van der Waals surface area contributed by atoms with Crippen LogP contribution in [0.4, 0.5) is 8.78 Å². The van der Waals surface area contributed by atoms with Crippen molar-refractivity contribution < 1.29 is 8.78 Å². The standard InChI is InChI=1S/C13H18ClF2N/c1-3-8(4-2)5-13(17)9-6-12(16)10(14)7-11(9)15/h6-8,13H,3-5,17H2,1-2H3. The van der Waals surface area contributed by atoms with Gasteiger partial charge in [-0.1, -0.05) is 38.3 Å². The van der Waals surface area contributed by atoms with Crippen LogP contribution in [0.1, 0.15) is 44.7 Å². The molecule has 0 fully saturated rings. The topological polar surface area (TPSA) is 26.0 Å². The SMILES string of the molecule is CCC(CC)CC(N)c1cc(F)c(Cl)cc1F. The van der Waals surface area contributed by atoms with E-state index in [1.165, 1.54) is 0 Å². The Hall–Kier alpha value is -0.670. The highest BCUT2D eigenvalue weighted by molar-refractivity contribution is 6.30. The fourth-order valence-electron chi connectivity index (χ4n) is 1.93. The van der Waals surface area contributed by atoms with Crippen LogP contribution in [0.3, 0.4) is 0 Å². The van der Waals surface area contributed by atoms with Crippen LogP contribution in [0.2, 0.25) is 5.02 Å². The van der Waals surface area contributed by atoms with Gasteiger partial charge in [-0.05, 0) is 24.5 Å². The van der Waals surface area contributed by atoms with Crippen LogP contribution in [0, 0.1) is 17.6 Å². The Labute approximate surface area is 106 Å². The van der Waals surface area contributed by atoms with Gasteiger partial charge in [0, 0.05) is 11.6 Å². The number of hydrogen-bond acceptors (Lipinski definition) is 1. The molecule has 1 nitrogen and oxygen atoms in total. The molecule has 2 N–H and O–H groups in total. The van der Waals surface area contributed by atoms with Crippen molar-refractivity contribution in [2.45, 2.75) is 39.2 Å². The molecule has 0 aliphatic carbocycles. The Balaban J connectivity index is 2.88. The van der Waals surface area contributed by atoms with E-state index >= 15 is 0 Å². The molecular formula is C13H18ClF2N. The zero-order valence-electron chi connectivity index (χ0n) is 10.1. The Morgan fingerprint density at radius 3 is 2.29 bits per heavy atom.